The van der Waals surface area contributed by atoms with E-state index in [-0.39, 0.29) is 0 Å². The maximum Gasteiger partial charge on any atom is 0.139 e. The van der Waals surface area contributed by atoms with Crippen LogP contribution in [0.2, 0.25) is 0 Å². The smallest absolute Gasteiger partial charge is 0.139 e. The lowest BCUT2D eigenvalue weighted by atomic mass is 10.1. The van der Waals surface area contributed by atoms with Gasteiger partial charge in [-0.1, -0.05) is 6.92 Å². The van der Waals surface area contributed by atoms with E-state index in [0.717, 1.165) is 55.9 Å². The number of pyridine rings is 1. The number of rotatable bonds is 4. The van der Waals surface area contributed by atoms with E-state index in [9.17, 15) is 0 Å². The highest BCUT2D eigenvalue weighted by Crippen LogP contribution is 2.26. The zero-order valence-electron chi connectivity index (χ0n) is 12.0. The van der Waals surface area contributed by atoms with Crippen molar-refractivity contribution >= 4 is 16.8 Å². The van der Waals surface area contributed by atoms with Gasteiger partial charge >= 0.3 is 0 Å². The Bertz CT molecular complexity index is 556. The molecule has 108 valence electrons. The fourth-order valence-corrected chi connectivity index (χ4v) is 3.00. The van der Waals surface area contributed by atoms with E-state index < -0.39 is 0 Å². The third kappa shape index (κ3) is 2.39. The van der Waals surface area contributed by atoms with E-state index in [1.165, 1.54) is 0 Å². The molecule has 0 saturated carbocycles. The molecule has 2 N–H and O–H groups in total. The summed E-state index contributed by atoms with van der Waals surface area (Å²) in [5, 5.41) is 1.10. The molecule has 5 heteroatoms. The van der Waals surface area contributed by atoms with Crippen molar-refractivity contribution in [2.45, 2.75) is 19.4 Å². The summed E-state index contributed by atoms with van der Waals surface area (Å²) < 4.78 is 5.45. The topological polar surface area (TPSA) is 58.5 Å². The van der Waals surface area contributed by atoms with Crippen molar-refractivity contribution in [2.24, 2.45) is 5.73 Å². The third-order valence-electron chi connectivity index (χ3n) is 4.23. The van der Waals surface area contributed by atoms with E-state index in [2.05, 4.69) is 21.7 Å². The minimum absolute atomic E-state index is 0.509. The lowest BCUT2D eigenvalue weighted by molar-refractivity contribution is 0.184. The molecular weight excluding hydrogens is 252 g/mol. The fourth-order valence-electron chi connectivity index (χ4n) is 3.00. The van der Waals surface area contributed by atoms with Crippen molar-refractivity contribution in [3.05, 3.63) is 24.6 Å². The summed E-state index contributed by atoms with van der Waals surface area (Å²) in [4.78, 5) is 9.37. The summed E-state index contributed by atoms with van der Waals surface area (Å²) in [6.45, 7) is 7.03. The molecule has 3 heterocycles. The number of fused-ring (bicyclic) bond motifs is 1. The summed E-state index contributed by atoms with van der Waals surface area (Å²) in [5.74, 6) is 1.04. The van der Waals surface area contributed by atoms with Crippen molar-refractivity contribution in [1.29, 1.82) is 0 Å². The highest BCUT2D eigenvalue weighted by atomic mass is 16.3. The normalized spacial score (nSPS) is 18.6. The number of piperazine rings is 1. The summed E-state index contributed by atoms with van der Waals surface area (Å²) >= 11 is 0. The third-order valence-corrected chi connectivity index (χ3v) is 4.23. The Balaban J connectivity index is 1.73. The molecule has 1 unspecified atom stereocenters. The molecule has 0 radical (unpaired) electrons. The first-order valence-corrected chi connectivity index (χ1v) is 7.34. The summed E-state index contributed by atoms with van der Waals surface area (Å²) in [6, 6.07) is 4.42. The molecule has 1 aliphatic rings. The maximum atomic E-state index is 5.84. The van der Waals surface area contributed by atoms with E-state index in [1.54, 1.807) is 6.26 Å². The molecule has 0 amide bonds. The van der Waals surface area contributed by atoms with Gasteiger partial charge in [0.15, 0.2) is 0 Å². The molecule has 0 aromatic carbocycles. The summed E-state index contributed by atoms with van der Waals surface area (Å²) in [5.41, 5.74) is 6.75. The monoisotopic (exact) mass is 274 g/mol. The average Bonchev–Trinajstić information content (AvgIpc) is 2.98. The van der Waals surface area contributed by atoms with Gasteiger partial charge in [0, 0.05) is 45.0 Å². The minimum atomic E-state index is 0.509. The Kier molecular flexibility index (Phi) is 3.89. The molecule has 3 rings (SSSR count). The van der Waals surface area contributed by atoms with Crippen LogP contribution < -0.4 is 10.6 Å². The van der Waals surface area contributed by atoms with Crippen LogP contribution in [-0.2, 0) is 0 Å². The lowest BCUT2D eigenvalue weighted by Crippen LogP contribution is -2.52. The first kappa shape index (κ1) is 13.4. The van der Waals surface area contributed by atoms with Gasteiger partial charge in [-0.05, 0) is 18.6 Å². The largest absolute Gasteiger partial charge is 0.464 e. The molecule has 2 aromatic rings. The fraction of sp³-hybridized carbons (Fsp3) is 0.533. The molecule has 20 heavy (non-hydrogen) atoms. The van der Waals surface area contributed by atoms with Crippen LogP contribution in [-0.4, -0.2) is 48.6 Å². The number of hydrogen-bond acceptors (Lipinski definition) is 5. The SMILES string of the molecule is CCC(CN)N1CCN(c2nccc3occc23)CC1. The molecule has 1 aliphatic heterocycles. The van der Waals surface area contributed by atoms with Gasteiger partial charge in [0.1, 0.15) is 11.4 Å². The van der Waals surface area contributed by atoms with Crippen LogP contribution in [0.25, 0.3) is 11.0 Å². The van der Waals surface area contributed by atoms with E-state index in [0.29, 0.717) is 6.04 Å². The van der Waals surface area contributed by atoms with Crippen LogP contribution in [0.1, 0.15) is 13.3 Å². The molecule has 0 spiro atoms. The van der Waals surface area contributed by atoms with Crippen LogP contribution in [0.15, 0.2) is 29.0 Å². The van der Waals surface area contributed by atoms with Crippen LogP contribution in [0.3, 0.4) is 0 Å². The Labute approximate surface area is 119 Å². The zero-order chi connectivity index (χ0) is 13.9. The molecular formula is C15H22N4O. The van der Waals surface area contributed by atoms with Gasteiger partial charge in [-0.2, -0.15) is 0 Å². The minimum Gasteiger partial charge on any atom is -0.464 e. The molecule has 0 bridgehead atoms. The Hall–Kier alpha value is -1.59. The van der Waals surface area contributed by atoms with Crippen molar-refractivity contribution in [3.63, 3.8) is 0 Å². The van der Waals surface area contributed by atoms with Gasteiger partial charge in [0.05, 0.1) is 11.6 Å². The van der Waals surface area contributed by atoms with Crippen LogP contribution in [0, 0.1) is 0 Å². The number of nitrogens with zero attached hydrogens (tertiary/aromatic N) is 3. The second-order valence-corrected chi connectivity index (χ2v) is 5.29. The van der Waals surface area contributed by atoms with Gasteiger partial charge in [-0.3, -0.25) is 4.90 Å². The highest BCUT2D eigenvalue weighted by molar-refractivity contribution is 5.88. The van der Waals surface area contributed by atoms with Gasteiger partial charge in [0.2, 0.25) is 0 Å². The van der Waals surface area contributed by atoms with Gasteiger partial charge in [0.25, 0.3) is 0 Å². The molecule has 1 fully saturated rings. The number of aromatic nitrogens is 1. The average molecular weight is 274 g/mol. The maximum absolute atomic E-state index is 5.84. The number of anilines is 1. The first-order chi connectivity index (χ1) is 9.83. The van der Waals surface area contributed by atoms with Crippen molar-refractivity contribution < 1.29 is 4.42 Å². The molecule has 0 aliphatic carbocycles. The summed E-state index contributed by atoms with van der Waals surface area (Å²) in [7, 11) is 0. The highest BCUT2D eigenvalue weighted by Gasteiger charge is 2.23. The number of hydrogen-bond donors (Lipinski definition) is 1. The second kappa shape index (κ2) is 5.81. The Morgan fingerprint density at radius 1 is 1.30 bits per heavy atom. The molecule has 5 nitrogen and oxygen atoms in total. The predicted octanol–water partition coefficient (Wildman–Crippen LogP) is 1.69. The molecule has 1 atom stereocenters. The Morgan fingerprint density at radius 2 is 2.10 bits per heavy atom. The van der Waals surface area contributed by atoms with Crippen molar-refractivity contribution in [1.82, 2.24) is 9.88 Å². The number of furan rings is 1. The number of nitrogens with two attached hydrogens (primary N) is 1. The standard InChI is InChI=1S/C15H22N4O/c1-2-12(11-16)18-6-8-19(9-7-18)15-13-4-10-20-14(13)3-5-17-15/h3-5,10,12H,2,6-9,11,16H2,1H3. The van der Waals surface area contributed by atoms with E-state index >= 15 is 0 Å². The van der Waals surface area contributed by atoms with Crippen LogP contribution in [0.4, 0.5) is 5.82 Å². The predicted molar refractivity (Wildman–Crippen MR) is 80.9 cm³/mol. The zero-order valence-corrected chi connectivity index (χ0v) is 12.0. The van der Waals surface area contributed by atoms with Gasteiger partial charge in [-0.15, -0.1) is 0 Å². The Morgan fingerprint density at radius 3 is 2.80 bits per heavy atom. The van der Waals surface area contributed by atoms with Crippen molar-refractivity contribution in [2.75, 3.05) is 37.6 Å². The molecule has 2 aromatic heterocycles. The lowest BCUT2D eigenvalue weighted by Gasteiger charge is -2.39. The molecule has 1 saturated heterocycles. The van der Waals surface area contributed by atoms with Crippen LogP contribution >= 0.6 is 0 Å². The second-order valence-electron chi connectivity index (χ2n) is 5.29. The van der Waals surface area contributed by atoms with E-state index in [1.807, 2.05) is 18.3 Å². The van der Waals surface area contributed by atoms with Gasteiger partial charge in [-0.25, -0.2) is 4.98 Å². The summed E-state index contributed by atoms with van der Waals surface area (Å²) in [6.07, 6.45) is 4.67. The first-order valence-electron chi connectivity index (χ1n) is 7.34. The van der Waals surface area contributed by atoms with E-state index in [4.69, 9.17) is 10.2 Å². The van der Waals surface area contributed by atoms with Crippen molar-refractivity contribution in [3.8, 4) is 0 Å². The van der Waals surface area contributed by atoms with Crippen LogP contribution in [0.5, 0.6) is 0 Å². The van der Waals surface area contributed by atoms with Gasteiger partial charge < -0.3 is 15.1 Å². The quantitative estimate of drug-likeness (QED) is 0.919.